The largest absolute Gasteiger partial charge is 0.350 e. The Balaban J connectivity index is 1.62. The molecule has 0 saturated heterocycles. The molecule has 1 aliphatic rings. The Morgan fingerprint density at radius 2 is 1.91 bits per heavy atom. The normalized spacial score (nSPS) is 14.5. The number of amides is 2. The van der Waals surface area contributed by atoms with E-state index in [0.717, 1.165) is 11.1 Å². The summed E-state index contributed by atoms with van der Waals surface area (Å²) in [5, 5.41) is 2.79. The van der Waals surface area contributed by atoms with Gasteiger partial charge in [-0.15, -0.1) is 0 Å². The van der Waals surface area contributed by atoms with Gasteiger partial charge in [-0.05, 0) is 36.2 Å². The fourth-order valence-electron chi connectivity index (χ4n) is 2.67. The molecule has 3 rings (SSSR count). The molecule has 2 amide bonds. The maximum Gasteiger partial charge on any atom is 0.255 e. The van der Waals surface area contributed by atoms with Crippen LogP contribution in [0.15, 0.2) is 48.5 Å². The molecular weight excluding hydrogens is 295 g/mol. The molecular formula is C18H17FN2O2. The molecule has 0 saturated carbocycles. The molecule has 2 aromatic carbocycles. The number of hydrogen-bond acceptors (Lipinski definition) is 2. The van der Waals surface area contributed by atoms with Gasteiger partial charge in [-0.25, -0.2) is 4.39 Å². The lowest BCUT2D eigenvalue weighted by atomic mass is 10.1. The van der Waals surface area contributed by atoms with Gasteiger partial charge in [0.1, 0.15) is 11.9 Å². The third kappa shape index (κ3) is 3.08. The molecule has 0 bridgehead atoms. The van der Waals surface area contributed by atoms with E-state index in [4.69, 9.17) is 0 Å². The molecule has 0 spiro atoms. The fraction of sp³-hybridized carbons (Fsp3) is 0.222. The van der Waals surface area contributed by atoms with Crippen molar-refractivity contribution in [3.8, 4) is 0 Å². The number of nitrogens with one attached hydrogen (secondary N) is 1. The summed E-state index contributed by atoms with van der Waals surface area (Å²) in [7, 11) is 0. The first-order chi connectivity index (χ1) is 11.1. The van der Waals surface area contributed by atoms with E-state index >= 15 is 0 Å². The van der Waals surface area contributed by atoms with E-state index in [2.05, 4.69) is 5.32 Å². The third-order valence-electron chi connectivity index (χ3n) is 4.08. The van der Waals surface area contributed by atoms with Gasteiger partial charge < -0.3 is 10.2 Å². The van der Waals surface area contributed by atoms with Gasteiger partial charge in [0, 0.05) is 18.7 Å². The van der Waals surface area contributed by atoms with E-state index in [-0.39, 0.29) is 17.6 Å². The summed E-state index contributed by atoms with van der Waals surface area (Å²) in [6, 6.07) is 12.8. The molecule has 4 nitrogen and oxygen atoms in total. The summed E-state index contributed by atoms with van der Waals surface area (Å²) < 4.78 is 12.9. The van der Waals surface area contributed by atoms with Crippen LogP contribution in [0.2, 0.25) is 0 Å². The third-order valence-corrected chi connectivity index (χ3v) is 4.08. The highest BCUT2D eigenvalue weighted by Crippen LogP contribution is 2.24. The highest BCUT2D eigenvalue weighted by Gasteiger charge is 2.33. The van der Waals surface area contributed by atoms with Crippen LogP contribution in [0, 0.1) is 5.82 Å². The number of nitrogens with zero attached hydrogens (tertiary/aromatic N) is 1. The van der Waals surface area contributed by atoms with Crippen molar-refractivity contribution in [2.24, 2.45) is 0 Å². The van der Waals surface area contributed by atoms with Gasteiger partial charge in [0.05, 0.1) is 0 Å². The number of carbonyl (C=O) groups excluding carboxylic acids is 2. The minimum absolute atomic E-state index is 0.120. The lowest BCUT2D eigenvalue weighted by molar-refractivity contribution is -0.125. The smallest absolute Gasteiger partial charge is 0.255 e. The maximum absolute atomic E-state index is 12.9. The van der Waals surface area contributed by atoms with Crippen LogP contribution >= 0.6 is 0 Å². The Bertz CT molecular complexity index is 743. The summed E-state index contributed by atoms with van der Waals surface area (Å²) in [5.74, 6) is -0.658. The summed E-state index contributed by atoms with van der Waals surface area (Å²) in [6.07, 6.45) is 0. The Morgan fingerprint density at radius 1 is 1.22 bits per heavy atom. The van der Waals surface area contributed by atoms with E-state index in [1.165, 1.54) is 12.1 Å². The molecule has 0 aromatic heterocycles. The molecule has 1 aliphatic heterocycles. The predicted molar refractivity (Wildman–Crippen MR) is 84.0 cm³/mol. The SMILES string of the molecule is CC(C(=O)NCc1ccc(F)cc1)N1Cc2ccccc2C1=O. The molecule has 118 valence electrons. The molecule has 0 radical (unpaired) electrons. The van der Waals surface area contributed by atoms with Crippen LogP contribution in [0.3, 0.4) is 0 Å². The quantitative estimate of drug-likeness (QED) is 0.943. The van der Waals surface area contributed by atoms with Gasteiger partial charge in [-0.2, -0.15) is 0 Å². The van der Waals surface area contributed by atoms with Crippen LogP contribution in [-0.4, -0.2) is 22.8 Å². The van der Waals surface area contributed by atoms with Gasteiger partial charge in [0.2, 0.25) is 5.91 Å². The van der Waals surface area contributed by atoms with Crippen LogP contribution in [-0.2, 0) is 17.9 Å². The minimum atomic E-state index is -0.560. The van der Waals surface area contributed by atoms with Gasteiger partial charge in [-0.3, -0.25) is 9.59 Å². The van der Waals surface area contributed by atoms with E-state index in [1.54, 1.807) is 30.0 Å². The summed E-state index contributed by atoms with van der Waals surface area (Å²) in [6.45, 7) is 2.46. The molecule has 5 heteroatoms. The van der Waals surface area contributed by atoms with Crippen LogP contribution in [0.1, 0.15) is 28.4 Å². The monoisotopic (exact) mass is 312 g/mol. The number of halogens is 1. The predicted octanol–water partition coefficient (Wildman–Crippen LogP) is 2.49. The minimum Gasteiger partial charge on any atom is -0.350 e. The molecule has 1 atom stereocenters. The number of fused-ring (bicyclic) bond motifs is 1. The highest BCUT2D eigenvalue weighted by molar-refractivity contribution is 6.00. The molecule has 23 heavy (non-hydrogen) atoms. The Labute approximate surface area is 133 Å². The van der Waals surface area contributed by atoms with Crippen LogP contribution in [0.25, 0.3) is 0 Å². The molecule has 1 unspecified atom stereocenters. The molecule has 1 N–H and O–H groups in total. The second-order valence-corrected chi connectivity index (χ2v) is 5.61. The van der Waals surface area contributed by atoms with Crippen LogP contribution < -0.4 is 5.32 Å². The summed E-state index contributed by atoms with van der Waals surface area (Å²) >= 11 is 0. The van der Waals surface area contributed by atoms with Crippen molar-refractivity contribution >= 4 is 11.8 Å². The van der Waals surface area contributed by atoms with Crippen molar-refractivity contribution in [3.63, 3.8) is 0 Å². The van der Waals surface area contributed by atoms with Crippen LogP contribution in [0.4, 0.5) is 4.39 Å². The number of carbonyl (C=O) groups is 2. The topological polar surface area (TPSA) is 49.4 Å². The standard InChI is InChI=1S/C18H17FN2O2/c1-12(17(22)20-10-13-6-8-15(19)9-7-13)21-11-14-4-2-3-5-16(14)18(21)23/h2-9,12H,10-11H2,1H3,(H,20,22). The van der Waals surface area contributed by atoms with Crippen LogP contribution in [0.5, 0.6) is 0 Å². The Hall–Kier alpha value is -2.69. The van der Waals surface area contributed by atoms with E-state index < -0.39 is 6.04 Å². The van der Waals surface area contributed by atoms with Gasteiger partial charge in [0.15, 0.2) is 0 Å². The number of hydrogen-bond donors (Lipinski definition) is 1. The molecule has 2 aromatic rings. The second kappa shape index (κ2) is 6.20. The lowest BCUT2D eigenvalue weighted by Crippen LogP contribution is -2.45. The Morgan fingerprint density at radius 3 is 2.61 bits per heavy atom. The summed E-state index contributed by atoms with van der Waals surface area (Å²) in [4.78, 5) is 26.2. The van der Waals surface area contributed by atoms with Crippen molar-refractivity contribution in [1.82, 2.24) is 10.2 Å². The van der Waals surface area contributed by atoms with Crippen molar-refractivity contribution < 1.29 is 14.0 Å². The first-order valence-electron chi connectivity index (χ1n) is 7.47. The average Bonchev–Trinajstić information content (AvgIpc) is 2.90. The van der Waals surface area contributed by atoms with Gasteiger partial charge in [-0.1, -0.05) is 30.3 Å². The van der Waals surface area contributed by atoms with Gasteiger partial charge in [0.25, 0.3) is 5.91 Å². The summed E-state index contributed by atoms with van der Waals surface area (Å²) in [5.41, 5.74) is 2.41. The fourth-order valence-corrected chi connectivity index (χ4v) is 2.67. The molecule has 0 aliphatic carbocycles. The lowest BCUT2D eigenvalue weighted by Gasteiger charge is -2.23. The van der Waals surface area contributed by atoms with Gasteiger partial charge >= 0.3 is 0 Å². The molecule has 0 fully saturated rings. The maximum atomic E-state index is 12.9. The second-order valence-electron chi connectivity index (χ2n) is 5.61. The van der Waals surface area contributed by atoms with Crippen molar-refractivity contribution in [3.05, 3.63) is 71.0 Å². The average molecular weight is 312 g/mol. The first kappa shape index (κ1) is 15.2. The van der Waals surface area contributed by atoms with E-state index in [9.17, 15) is 14.0 Å². The van der Waals surface area contributed by atoms with E-state index in [1.807, 2.05) is 18.2 Å². The Kier molecular flexibility index (Phi) is 4.10. The van der Waals surface area contributed by atoms with Crippen molar-refractivity contribution in [1.29, 1.82) is 0 Å². The van der Waals surface area contributed by atoms with E-state index in [0.29, 0.717) is 18.7 Å². The zero-order valence-corrected chi connectivity index (χ0v) is 12.8. The zero-order chi connectivity index (χ0) is 16.4. The first-order valence-corrected chi connectivity index (χ1v) is 7.47. The number of rotatable bonds is 4. The van der Waals surface area contributed by atoms with Crippen molar-refractivity contribution in [2.75, 3.05) is 0 Å². The molecule has 1 heterocycles. The highest BCUT2D eigenvalue weighted by atomic mass is 19.1. The van der Waals surface area contributed by atoms with Crippen molar-refractivity contribution in [2.45, 2.75) is 26.1 Å². The number of benzene rings is 2. The zero-order valence-electron chi connectivity index (χ0n) is 12.8.